The van der Waals surface area contributed by atoms with Gasteiger partial charge in [-0.05, 0) is 55.3 Å². The van der Waals surface area contributed by atoms with Crippen molar-refractivity contribution in [2.45, 2.75) is 12.8 Å². The van der Waals surface area contributed by atoms with Crippen LogP contribution in [0.2, 0.25) is 0 Å². The number of hydrogen-bond donors (Lipinski definition) is 2. The van der Waals surface area contributed by atoms with Gasteiger partial charge < -0.3 is 11.5 Å². The molecule has 0 saturated heterocycles. The van der Waals surface area contributed by atoms with E-state index in [9.17, 15) is 0 Å². The number of rotatable bonds is 6. The van der Waals surface area contributed by atoms with Gasteiger partial charge in [-0.2, -0.15) is 0 Å². The van der Waals surface area contributed by atoms with Crippen LogP contribution in [0.4, 0.5) is 0 Å². The zero-order valence-corrected chi connectivity index (χ0v) is 13.0. The molecule has 0 radical (unpaired) electrons. The minimum Gasteiger partial charge on any atom is -0.330 e. The first-order valence-corrected chi connectivity index (χ1v) is 7.81. The van der Waals surface area contributed by atoms with Crippen LogP contribution in [0.3, 0.4) is 0 Å². The monoisotopic (exact) mass is 307 g/mol. The zero-order chi connectivity index (χ0) is 16.1. The van der Waals surface area contributed by atoms with Gasteiger partial charge in [0.2, 0.25) is 0 Å². The highest BCUT2D eigenvalue weighted by Crippen LogP contribution is 2.19. The predicted molar refractivity (Wildman–Crippen MR) is 92.3 cm³/mol. The first kappa shape index (κ1) is 15.4. The molecule has 118 valence electrons. The number of nitrogens with zero attached hydrogens (tertiary/aromatic N) is 3. The summed E-state index contributed by atoms with van der Waals surface area (Å²) in [6, 6.07) is 16.5. The van der Waals surface area contributed by atoms with E-state index < -0.39 is 0 Å². The normalized spacial score (nSPS) is 10.9. The average Bonchev–Trinajstić information content (AvgIpc) is 3.06. The molecule has 4 N–H and O–H groups in total. The van der Waals surface area contributed by atoms with Crippen molar-refractivity contribution in [1.29, 1.82) is 0 Å². The molecule has 0 amide bonds. The minimum atomic E-state index is 0.639. The molecule has 23 heavy (non-hydrogen) atoms. The Labute approximate surface area is 135 Å². The summed E-state index contributed by atoms with van der Waals surface area (Å²) in [5, 5.41) is 8.55. The van der Waals surface area contributed by atoms with Crippen molar-refractivity contribution in [2.24, 2.45) is 11.5 Å². The van der Waals surface area contributed by atoms with Gasteiger partial charge >= 0.3 is 0 Å². The van der Waals surface area contributed by atoms with Crippen LogP contribution in [0.1, 0.15) is 11.1 Å². The molecular weight excluding hydrogens is 286 g/mol. The van der Waals surface area contributed by atoms with Crippen LogP contribution in [0.5, 0.6) is 0 Å². The lowest BCUT2D eigenvalue weighted by molar-refractivity contribution is 0.801. The lowest BCUT2D eigenvalue weighted by Crippen LogP contribution is -2.03. The van der Waals surface area contributed by atoms with Crippen LogP contribution in [0.15, 0.2) is 54.7 Å². The van der Waals surface area contributed by atoms with Crippen molar-refractivity contribution in [2.75, 3.05) is 13.1 Å². The fourth-order valence-electron chi connectivity index (χ4n) is 2.60. The maximum Gasteiger partial charge on any atom is 0.113 e. The lowest BCUT2D eigenvalue weighted by Gasteiger charge is -2.03. The molecule has 0 fully saturated rings. The highest BCUT2D eigenvalue weighted by atomic mass is 15.4. The van der Waals surface area contributed by atoms with Crippen molar-refractivity contribution < 1.29 is 0 Å². The van der Waals surface area contributed by atoms with Crippen molar-refractivity contribution >= 4 is 0 Å². The highest BCUT2D eigenvalue weighted by Gasteiger charge is 2.06. The Morgan fingerprint density at radius 3 is 2.30 bits per heavy atom. The third-order valence-electron chi connectivity index (χ3n) is 3.76. The molecular formula is C18H21N5. The Hall–Kier alpha value is -2.50. The van der Waals surface area contributed by atoms with E-state index in [0.29, 0.717) is 13.1 Å². The molecule has 5 nitrogen and oxygen atoms in total. The van der Waals surface area contributed by atoms with Crippen molar-refractivity contribution in [3.8, 4) is 16.9 Å². The molecule has 0 atom stereocenters. The molecule has 2 aromatic carbocycles. The summed E-state index contributed by atoms with van der Waals surface area (Å²) in [6.07, 6.45) is 3.67. The number of aromatic nitrogens is 3. The standard InChI is InChI=1S/C18H21N5/c19-9-7-14-3-1-5-16(11-14)18-13-23(22-21-18)17-6-2-4-15(12-17)8-10-20/h1-6,11-13H,7-10,19-20H2. The van der Waals surface area contributed by atoms with Gasteiger partial charge in [0, 0.05) is 5.56 Å². The van der Waals surface area contributed by atoms with Crippen molar-refractivity contribution in [3.05, 3.63) is 65.9 Å². The Bertz CT molecular complexity index is 714. The summed E-state index contributed by atoms with van der Waals surface area (Å²) in [5.74, 6) is 0. The fourth-order valence-corrected chi connectivity index (χ4v) is 2.60. The second-order valence-electron chi connectivity index (χ2n) is 5.50. The maximum absolute atomic E-state index is 5.63. The molecule has 0 bridgehead atoms. The van der Waals surface area contributed by atoms with Gasteiger partial charge in [-0.15, -0.1) is 5.10 Å². The minimum absolute atomic E-state index is 0.639. The van der Waals surface area contributed by atoms with E-state index in [1.807, 2.05) is 30.5 Å². The van der Waals surface area contributed by atoms with E-state index in [1.165, 1.54) is 11.1 Å². The van der Waals surface area contributed by atoms with Crippen LogP contribution in [-0.4, -0.2) is 28.1 Å². The quantitative estimate of drug-likeness (QED) is 0.729. The van der Waals surface area contributed by atoms with E-state index in [2.05, 4.69) is 34.6 Å². The van der Waals surface area contributed by atoms with Crippen LogP contribution < -0.4 is 11.5 Å². The molecule has 0 unspecified atom stereocenters. The SMILES string of the molecule is NCCc1cccc(-c2cn(-c3cccc(CCN)c3)nn2)c1. The summed E-state index contributed by atoms with van der Waals surface area (Å²) in [5.41, 5.74) is 16.6. The smallest absolute Gasteiger partial charge is 0.113 e. The van der Waals surface area contributed by atoms with Gasteiger partial charge in [-0.25, -0.2) is 4.68 Å². The number of benzene rings is 2. The van der Waals surface area contributed by atoms with E-state index in [1.54, 1.807) is 4.68 Å². The maximum atomic E-state index is 5.63. The Balaban J connectivity index is 1.88. The Morgan fingerprint density at radius 1 is 0.870 bits per heavy atom. The number of nitrogens with two attached hydrogens (primary N) is 2. The molecule has 0 aliphatic rings. The van der Waals surface area contributed by atoms with Crippen LogP contribution >= 0.6 is 0 Å². The van der Waals surface area contributed by atoms with Crippen LogP contribution in [0, 0.1) is 0 Å². The third-order valence-corrected chi connectivity index (χ3v) is 3.76. The molecule has 1 aromatic heterocycles. The van der Waals surface area contributed by atoms with Gasteiger partial charge in [-0.1, -0.05) is 35.5 Å². The van der Waals surface area contributed by atoms with E-state index in [-0.39, 0.29) is 0 Å². The summed E-state index contributed by atoms with van der Waals surface area (Å²) in [6.45, 7) is 1.28. The zero-order valence-electron chi connectivity index (χ0n) is 13.0. The van der Waals surface area contributed by atoms with Crippen molar-refractivity contribution in [3.63, 3.8) is 0 Å². The summed E-state index contributed by atoms with van der Waals surface area (Å²) in [7, 11) is 0. The lowest BCUT2D eigenvalue weighted by atomic mass is 10.1. The molecule has 3 rings (SSSR count). The molecule has 0 saturated carbocycles. The predicted octanol–water partition coefficient (Wildman–Crippen LogP) is 1.94. The van der Waals surface area contributed by atoms with Gasteiger partial charge in [0.05, 0.1) is 11.9 Å². The van der Waals surface area contributed by atoms with E-state index in [4.69, 9.17) is 11.5 Å². The summed E-state index contributed by atoms with van der Waals surface area (Å²) >= 11 is 0. The second-order valence-corrected chi connectivity index (χ2v) is 5.50. The molecule has 5 heteroatoms. The molecule has 0 aliphatic carbocycles. The Morgan fingerprint density at radius 2 is 1.57 bits per heavy atom. The fraction of sp³-hybridized carbons (Fsp3) is 0.222. The average molecular weight is 307 g/mol. The van der Waals surface area contributed by atoms with E-state index >= 15 is 0 Å². The largest absolute Gasteiger partial charge is 0.330 e. The number of hydrogen-bond acceptors (Lipinski definition) is 4. The molecule has 1 heterocycles. The summed E-state index contributed by atoms with van der Waals surface area (Å²) in [4.78, 5) is 0. The molecule has 3 aromatic rings. The molecule has 0 spiro atoms. The van der Waals surface area contributed by atoms with Crippen molar-refractivity contribution in [1.82, 2.24) is 15.0 Å². The van der Waals surface area contributed by atoms with Crippen LogP contribution in [0.25, 0.3) is 16.9 Å². The van der Waals surface area contributed by atoms with E-state index in [0.717, 1.165) is 29.8 Å². The van der Waals surface area contributed by atoms with Crippen LogP contribution in [-0.2, 0) is 12.8 Å². The first-order chi connectivity index (χ1) is 11.3. The Kier molecular flexibility index (Phi) is 4.80. The molecule has 0 aliphatic heterocycles. The van der Waals surface area contributed by atoms with Gasteiger partial charge in [0.15, 0.2) is 0 Å². The highest BCUT2D eigenvalue weighted by molar-refractivity contribution is 5.59. The summed E-state index contributed by atoms with van der Waals surface area (Å²) < 4.78 is 1.80. The second kappa shape index (κ2) is 7.17. The van der Waals surface area contributed by atoms with Gasteiger partial charge in [0.1, 0.15) is 5.69 Å². The van der Waals surface area contributed by atoms with Gasteiger partial charge in [0.25, 0.3) is 0 Å². The third kappa shape index (κ3) is 3.64. The topological polar surface area (TPSA) is 82.8 Å². The first-order valence-electron chi connectivity index (χ1n) is 7.81. The van der Waals surface area contributed by atoms with Gasteiger partial charge in [-0.3, -0.25) is 0 Å².